The summed E-state index contributed by atoms with van der Waals surface area (Å²) in [6.07, 6.45) is 5.03. The van der Waals surface area contributed by atoms with Crippen LogP contribution in [0.1, 0.15) is 51.8 Å². The minimum atomic E-state index is -0.459. The van der Waals surface area contributed by atoms with Crippen molar-refractivity contribution in [2.45, 2.75) is 59.1 Å². The van der Waals surface area contributed by atoms with Crippen LogP contribution in [0.3, 0.4) is 0 Å². The second-order valence-electron chi connectivity index (χ2n) is 8.69. The highest BCUT2D eigenvalue weighted by Gasteiger charge is 2.26. The van der Waals surface area contributed by atoms with E-state index in [9.17, 15) is 4.79 Å². The molecule has 3 rings (SSSR count). The number of nitrogens with zero attached hydrogens (tertiary/aromatic N) is 3. The molecular weight excluding hydrogens is 366 g/mol. The van der Waals surface area contributed by atoms with Crippen molar-refractivity contribution in [1.82, 2.24) is 14.8 Å². The second kappa shape index (κ2) is 9.44. The summed E-state index contributed by atoms with van der Waals surface area (Å²) < 4.78 is 11.2. The topological polar surface area (TPSA) is 58.8 Å². The predicted molar refractivity (Wildman–Crippen MR) is 114 cm³/mol. The van der Waals surface area contributed by atoms with Crippen molar-refractivity contribution in [2.75, 3.05) is 26.2 Å². The second-order valence-corrected chi connectivity index (χ2v) is 8.69. The first-order valence-electron chi connectivity index (χ1n) is 10.6. The number of ether oxygens (including phenoxy) is 1. The van der Waals surface area contributed by atoms with Gasteiger partial charge in [0.25, 0.3) is 0 Å². The van der Waals surface area contributed by atoms with Gasteiger partial charge in [-0.1, -0.05) is 25.5 Å². The first-order valence-corrected chi connectivity index (χ1v) is 10.6. The zero-order chi connectivity index (χ0) is 20.9. The molecule has 0 aliphatic carbocycles. The predicted octanol–water partition coefficient (Wildman–Crippen LogP) is 4.74. The van der Waals surface area contributed by atoms with E-state index in [2.05, 4.69) is 41.1 Å². The van der Waals surface area contributed by atoms with Crippen LogP contribution >= 0.6 is 0 Å². The minimum absolute atomic E-state index is 0.233. The maximum atomic E-state index is 12.2. The van der Waals surface area contributed by atoms with Crippen LogP contribution in [0.4, 0.5) is 4.79 Å². The smallest absolute Gasteiger partial charge is 0.410 e. The molecule has 0 atom stereocenters. The zero-order valence-corrected chi connectivity index (χ0v) is 18.1. The molecular formula is C23H33N3O3. The van der Waals surface area contributed by atoms with E-state index < -0.39 is 5.60 Å². The number of hydrogen-bond acceptors (Lipinski definition) is 5. The highest BCUT2D eigenvalue weighted by atomic mass is 16.6. The van der Waals surface area contributed by atoms with Crippen molar-refractivity contribution in [3.8, 4) is 11.5 Å². The molecule has 29 heavy (non-hydrogen) atoms. The van der Waals surface area contributed by atoms with Crippen molar-refractivity contribution in [1.29, 1.82) is 0 Å². The summed E-state index contributed by atoms with van der Waals surface area (Å²) in [5.41, 5.74) is 2.82. The first kappa shape index (κ1) is 21.4. The number of piperazine rings is 1. The number of hydrogen-bond donors (Lipinski definition) is 0. The molecule has 1 amide bonds. The summed E-state index contributed by atoms with van der Waals surface area (Å²) in [5.74, 6) is 0.662. The van der Waals surface area contributed by atoms with Gasteiger partial charge in [-0.15, -0.1) is 0 Å². The largest absolute Gasteiger partial charge is 0.444 e. The van der Waals surface area contributed by atoms with E-state index in [-0.39, 0.29) is 6.09 Å². The summed E-state index contributed by atoms with van der Waals surface area (Å²) in [4.78, 5) is 20.9. The lowest BCUT2D eigenvalue weighted by atomic mass is 10.1. The molecule has 1 saturated heterocycles. The van der Waals surface area contributed by atoms with Gasteiger partial charge < -0.3 is 14.1 Å². The molecule has 1 aromatic heterocycles. The quantitative estimate of drug-likeness (QED) is 0.702. The SMILES string of the molecule is CCCCc1ccc(-c2nc(CN3CCN(C(=O)OC(C)(C)C)CC3)co2)cc1. The Morgan fingerprint density at radius 3 is 2.45 bits per heavy atom. The van der Waals surface area contributed by atoms with Gasteiger partial charge in [0, 0.05) is 38.3 Å². The lowest BCUT2D eigenvalue weighted by Crippen LogP contribution is -2.49. The van der Waals surface area contributed by atoms with Crippen molar-refractivity contribution in [3.05, 3.63) is 41.8 Å². The molecule has 0 unspecified atom stereocenters. The Hall–Kier alpha value is -2.34. The van der Waals surface area contributed by atoms with Crippen molar-refractivity contribution in [3.63, 3.8) is 0 Å². The van der Waals surface area contributed by atoms with Gasteiger partial charge in [0.15, 0.2) is 0 Å². The van der Waals surface area contributed by atoms with E-state index in [0.717, 1.165) is 37.3 Å². The van der Waals surface area contributed by atoms with Crippen LogP contribution in [0.15, 0.2) is 34.9 Å². The average molecular weight is 400 g/mol. The number of carbonyl (C=O) groups is 1. The zero-order valence-electron chi connectivity index (χ0n) is 18.1. The lowest BCUT2D eigenvalue weighted by molar-refractivity contribution is 0.0138. The summed E-state index contributed by atoms with van der Waals surface area (Å²) in [5, 5.41) is 0. The van der Waals surface area contributed by atoms with E-state index >= 15 is 0 Å². The van der Waals surface area contributed by atoms with Crippen LogP contribution in [-0.4, -0.2) is 52.7 Å². The van der Waals surface area contributed by atoms with Gasteiger partial charge in [-0.05, 0) is 51.3 Å². The molecule has 0 saturated carbocycles. The number of oxazole rings is 1. The Morgan fingerprint density at radius 2 is 1.83 bits per heavy atom. The Kier molecular flexibility index (Phi) is 6.96. The van der Waals surface area contributed by atoms with Crippen molar-refractivity contribution in [2.24, 2.45) is 0 Å². The van der Waals surface area contributed by atoms with Crippen LogP contribution in [0.5, 0.6) is 0 Å². The molecule has 1 fully saturated rings. The number of aryl methyl sites for hydroxylation is 1. The summed E-state index contributed by atoms with van der Waals surface area (Å²) in [6, 6.07) is 8.48. The summed E-state index contributed by atoms with van der Waals surface area (Å²) >= 11 is 0. The van der Waals surface area contributed by atoms with Crippen LogP contribution in [-0.2, 0) is 17.7 Å². The Bertz CT molecular complexity index is 784. The maximum Gasteiger partial charge on any atom is 0.410 e. The van der Waals surface area contributed by atoms with Gasteiger partial charge in [0.1, 0.15) is 11.9 Å². The third kappa shape index (κ3) is 6.32. The fourth-order valence-electron chi connectivity index (χ4n) is 3.35. The van der Waals surface area contributed by atoms with E-state index in [1.54, 1.807) is 11.2 Å². The molecule has 1 aliphatic heterocycles. The van der Waals surface area contributed by atoms with E-state index in [1.165, 1.54) is 18.4 Å². The first-order chi connectivity index (χ1) is 13.8. The van der Waals surface area contributed by atoms with Crippen LogP contribution in [0.25, 0.3) is 11.5 Å². The van der Waals surface area contributed by atoms with Gasteiger partial charge in [0.2, 0.25) is 5.89 Å². The molecule has 2 aromatic rings. The summed E-state index contributed by atoms with van der Waals surface area (Å²) in [6.45, 7) is 11.5. The monoisotopic (exact) mass is 399 g/mol. The van der Waals surface area contributed by atoms with E-state index in [0.29, 0.717) is 19.0 Å². The van der Waals surface area contributed by atoms with Gasteiger partial charge in [0.05, 0.1) is 5.69 Å². The highest BCUT2D eigenvalue weighted by molar-refractivity contribution is 5.68. The third-order valence-electron chi connectivity index (χ3n) is 4.98. The van der Waals surface area contributed by atoms with E-state index in [4.69, 9.17) is 9.15 Å². The number of carbonyl (C=O) groups excluding carboxylic acids is 1. The standard InChI is InChI=1S/C23H33N3O3/c1-5-6-7-18-8-10-19(11-9-18)21-24-20(17-28-21)16-25-12-14-26(15-13-25)22(27)29-23(2,3)4/h8-11,17H,5-7,12-16H2,1-4H3. The molecule has 6 heteroatoms. The van der Waals surface area contributed by atoms with Crippen molar-refractivity contribution < 1.29 is 13.9 Å². The molecule has 158 valence electrons. The molecule has 0 bridgehead atoms. The van der Waals surface area contributed by atoms with Crippen LogP contribution < -0.4 is 0 Å². The average Bonchev–Trinajstić information content (AvgIpc) is 3.14. The van der Waals surface area contributed by atoms with Crippen molar-refractivity contribution >= 4 is 6.09 Å². The fraction of sp³-hybridized carbons (Fsp3) is 0.565. The van der Waals surface area contributed by atoms with Crippen LogP contribution in [0.2, 0.25) is 0 Å². The Labute approximate surface area is 173 Å². The van der Waals surface area contributed by atoms with Gasteiger partial charge in [-0.25, -0.2) is 9.78 Å². The number of amides is 1. The maximum absolute atomic E-state index is 12.2. The highest BCUT2D eigenvalue weighted by Crippen LogP contribution is 2.21. The molecule has 0 N–H and O–H groups in total. The van der Waals surface area contributed by atoms with Gasteiger partial charge in [-0.3, -0.25) is 4.90 Å². The number of aromatic nitrogens is 1. The molecule has 0 spiro atoms. The fourth-order valence-corrected chi connectivity index (χ4v) is 3.35. The van der Waals surface area contributed by atoms with Gasteiger partial charge in [-0.2, -0.15) is 0 Å². The molecule has 6 nitrogen and oxygen atoms in total. The third-order valence-corrected chi connectivity index (χ3v) is 4.98. The van der Waals surface area contributed by atoms with Crippen LogP contribution in [0, 0.1) is 0 Å². The Balaban J connectivity index is 1.50. The number of benzene rings is 1. The number of unbranched alkanes of at least 4 members (excludes halogenated alkanes) is 1. The van der Waals surface area contributed by atoms with E-state index in [1.807, 2.05) is 20.8 Å². The molecule has 2 heterocycles. The molecule has 1 aromatic carbocycles. The van der Waals surface area contributed by atoms with Gasteiger partial charge >= 0.3 is 6.09 Å². The Morgan fingerprint density at radius 1 is 1.14 bits per heavy atom. The summed E-state index contributed by atoms with van der Waals surface area (Å²) in [7, 11) is 0. The number of rotatable bonds is 6. The minimum Gasteiger partial charge on any atom is -0.444 e. The molecule has 0 radical (unpaired) electrons. The normalized spacial score (nSPS) is 15.5. The lowest BCUT2D eigenvalue weighted by Gasteiger charge is -2.35. The molecule has 1 aliphatic rings.